The number of hydrogen-bond donors (Lipinski definition) is 0. The second-order valence-electron chi connectivity index (χ2n) is 5.89. The summed E-state index contributed by atoms with van der Waals surface area (Å²) in [5.41, 5.74) is 1.75. The molecule has 0 heterocycles. The summed E-state index contributed by atoms with van der Waals surface area (Å²) >= 11 is 6.06. The first-order valence-corrected chi connectivity index (χ1v) is 7.95. The highest BCUT2D eigenvalue weighted by Gasteiger charge is 2.22. The van der Waals surface area contributed by atoms with Crippen molar-refractivity contribution in [3.63, 3.8) is 0 Å². The zero-order chi connectivity index (χ0) is 16.8. The molecule has 24 heavy (non-hydrogen) atoms. The van der Waals surface area contributed by atoms with Gasteiger partial charge in [-0.1, -0.05) is 35.9 Å². The van der Waals surface area contributed by atoms with Gasteiger partial charge in [-0.3, -0.25) is 4.79 Å². The lowest BCUT2D eigenvalue weighted by Crippen LogP contribution is -2.29. The van der Waals surface area contributed by atoms with E-state index in [2.05, 4.69) is 0 Å². The minimum Gasteiger partial charge on any atom is -0.497 e. The summed E-state index contributed by atoms with van der Waals surface area (Å²) in [7, 11) is 5.56. The van der Waals surface area contributed by atoms with Crippen molar-refractivity contribution in [1.29, 1.82) is 0 Å². The number of ether oxygens (including phenoxy) is 1. The van der Waals surface area contributed by atoms with Crippen LogP contribution in [0.25, 0.3) is 0 Å². The van der Waals surface area contributed by atoms with Crippen LogP contribution in [-0.2, 0) is 6.42 Å². The Morgan fingerprint density at radius 1 is 1.17 bits per heavy atom. The lowest BCUT2D eigenvalue weighted by molar-refractivity contribution is 0.0896. The monoisotopic (exact) mass is 367 g/mol. The number of nitrogens with zero attached hydrogens (tertiary/aromatic N) is 1. The van der Waals surface area contributed by atoms with Gasteiger partial charge in [0.2, 0.25) is 0 Å². The molecule has 0 unspecified atom stereocenters. The summed E-state index contributed by atoms with van der Waals surface area (Å²) in [6.07, 6.45) is 0.661. The van der Waals surface area contributed by atoms with Crippen molar-refractivity contribution in [3.05, 3.63) is 64.7 Å². The van der Waals surface area contributed by atoms with E-state index in [0.717, 1.165) is 5.56 Å². The minimum atomic E-state index is -0.129. The summed E-state index contributed by atoms with van der Waals surface area (Å²) in [4.78, 5) is 15.0. The zero-order valence-electron chi connectivity index (χ0n) is 14.2. The highest BCUT2D eigenvalue weighted by Crippen LogP contribution is 2.21. The van der Waals surface area contributed by atoms with Gasteiger partial charge in [-0.15, -0.1) is 12.4 Å². The van der Waals surface area contributed by atoms with Crippen LogP contribution in [0, 0.1) is 5.92 Å². The van der Waals surface area contributed by atoms with Crippen molar-refractivity contribution in [3.8, 4) is 5.75 Å². The van der Waals surface area contributed by atoms with Crippen LogP contribution >= 0.6 is 24.0 Å². The van der Waals surface area contributed by atoms with Crippen LogP contribution in [0.2, 0.25) is 5.02 Å². The maximum absolute atomic E-state index is 12.9. The van der Waals surface area contributed by atoms with Gasteiger partial charge >= 0.3 is 0 Å². The molecule has 2 aromatic carbocycles. The number of Topliss-reactive ketones (excluding diaryl/α,β-unsaturated/α-hetero) is 1. The Bertz CT molecular complexity index is 674. The molecule has 2 rings (SSSR count). The molecule has 0 aliphatic rings. The van der Waals surface area contributed by atoms with Crippen LogP contribution in [-0.4, -0.2) is 38.4 Å². The molecule has 130 valence electrons. The van der Waals surface area contributed by atoms with Crippen LogP contribution < -0.4 is 4.74 Å². The van der Waals surface area contributed by atoms with E-state index in [1.54, 1.807) is 13.2 Å². The molecule has 0 bridgehead atoms. The third kappa shape index (κ3) is 5.82. The number of hydrogen-bond acceptors (Lipinski definition) is 3. The van der Waals surface area contributed by atoms with Crippen molar-refractivity contribution in [1.82, 2.24) is 4.90 Å². The molecule has 0 saturated heterocycles. The van der Waals surface area contributed by atoms with Crippen LogP contribution in [0.4, 0.5) is 0 Å². The predicted octanol–water partition coefficient (Wildman–Crippen LogP) is 4.37. The summed E-state index contributed by atoms with van der Waals surface area (Å²) in [6, 6.07) is 15.0. The van der Waals surface area contributed by atoms with Gasteiger partial charge in [0.1, 0.15) is 5.75 Å². The number of ketones is 1. The lowest BCUT2D eigenvalue weighted by Gasteiger charge is -2.20. The highest BCUT2D eigenvalue weighted by molar-refractivity contribution is 6.30. The van der Waals surface area contributed by atoms with E-state index in [9.17, 15) is 4.79 Å². The highest BCUT2D eigenvalue weighted by atomic mass is 35.5. The van der Waals surface area contributed by atoms with Crippen molar-refractivity contribution >= 4 is 29.8 Å². The summed E-state index contributed by atoms with van der Waals surface area (Å²) in [5.74, 6) is 0.690. The third-order valence-corrected chi connectivity index (χ3v) is 3.92. The fourth-order valence-electron chi connectivity index (χ4n) is 2.64. The first kappa shape index (κ1) is 20.5. The summed E-state index contributed by atoms with van der Waals surface area (Å²) < 4.78 is 5.22. The molecule has 3 nitrogen and oxygen atoms in total. The molecule has 0 spiro atoms. The molecule has 0 amide bonds. The summed E-state index contributed by atoms with van der Waals surface area (Å²) in [6.45, 7) is 0.683. The minimum absolute atomic E-state index is 0. The molecule has 0 radical (unpaired) electrons. The molecule has 0 aliphatic heterocycles. The predicted molar refractivity (Wildman–Crippen MR) is 102 cm³/mol. The van der Waals surface area contributed by atoms with E-state index < -0.39 is 0 Å². The SMILES string of the molecule is COc1cccc(C(=O)[C@@H](Cc2cccc(Cl)c2)CN(C)C)c1.Cl. The molecule has 0 aromatic heterocycles. The smallest absolute Gasteiger partial charge is 0.167 e. The molecule has 0 fully saturated rings. The Balaban J connectivity index is 0.00000288. The number of halogens is 2. The van der Waals surface area contributed by atoms with Crippen molar-refractivity contribution in [2.24, 2.45) is 5.92 Å². The Labute approximate surface area is 155 Å². The molecule has 0 aliphatic carbocycles. The number of carbonyl (C=O) groups is 1. The Kier molecular flexibility index (Phi) is 8.26. The van der Waals surface area contributed by atoms with Gasteiger partial charge in [-0.2, -0.15) is 0 Å². The lowest BCUT2D eigenvalue weighted by atomic mass is 9.90. The Morgan fingerprint density at radius 2 is 1.88 bits per heavy atom. The topological polar surface area (TPSA) is 29.5 Å². The van der Waals surface area contributed by atoms with Gasteiger partial charge in [-0.05, 0) is 50.3 Å². The normalized spacial score (nSPS) is 11.7. The van der Waals surface area contributed by atoms with Gasteiger partial charge < -0.3 is 9.64 Å². The van der Waals surface area contributed by atoms with Crippen molar-refractivity contribution in [2.75, 3.05) is 27.7 Å². The van der Waals surface area contributed by atoms with Crippen LogP contribution in [0.15, 0.2) is 48.5 Å². The van der Waals surface area contributed by atoms with E-state index in [4.69, 9.17) is 16.3 Å². The van der Waals surface area contributed by atoms with E-state index >= 15 is 0 Å². The van der Waals surface area contributed by atoms with E-state index in [1.807, 2.05) is 61.5 Å². The number of benzene rings is 2. The average molecular weight is 368 g/mol. The standard InChI is InChI=1S/C19H22ClNO2.ClH/c1-21(2)13-16(10-14-6-4-8-17(20)11-14)19(22)15-7-5-9-18(12-15)23-3;/h4-9,11-12,16H,10,13H2,1-3H3;1H/t16-;/m0./s1. The Morgan fingerprint density at radius 3 is 2.50 bits per heavy atom. The summed E-state index contributed by atoms with van der Waals surface area (Å²) in [5, 5.41) is 0.694. The quantitative estimate of drug-likeness (QED) is 0.680. The van der Waals surface area contributed by atoms with Crippen LogP contribution in [0.5, 0.6) is 5.75 Å². The third-order valence-electron chi connectivity index (χ3n) is 3.68. The second kappa shape index (κ2) is 9.67. The van der Waals surface area contributed by atoms with Crippen molar-refractivity contribution in [2.45, 2.75) is 6.42 Å². The average Bonchev–Trinajstić information content (AvgIpc) is 2.53. The molecular formula is C19H23Cl2NO2. The maximum atomic E-state index is 12.9. The molecular weight excluding hydrogens is 345 g/mol. The van der Waals surface area contributed by atoms with E-state index in [1.165, 1.54) is 0 Å². The molecule has 2 aromatic rings. The first-order valence-electron chi connectivity index (χ1n) is 7.57. The number of carbonyl (C=O) groups excluding carboxylic acids is 1. The first-order chi connectivity index (χ1) is 11.0. The van der Waals surface area contributed by atoms with Gasteiger partial charge in [0.05, 0.1) is 7.11 Å². The fraction of sp³-hybridized carbons (Fsp3) is 0.316. The van der Waals surface area contributed by atoms with Gasteiger partial charge in [0.25, 0.3) is 0 Å². The fourth-order valence-corrected chi connectivity index (χ4v) is 2.85. The molecule has 0 N–H and O–H groups in total. The second-order valence-corrected chi connectivity index (χ2v) is 6.33. The molecule has 5 heteroatoms. The number of methoxy groups -OCH3 is 1. The van der Waals surface area contributed by atoms with E-state index in [0.29, 0.717) is 29.3 Å². The van der Waals surface area contributed by atoms with Gasteiger partial charge in [0.15, 0.2) is 5.78 Å². The largest absolute Gasteiger partial charge is 0.497 e. The Hall–Kier alpha value is -1.55. The molecule has 0 saturated carbocycles. The van der Waals surface area contributed by atoms with Gasteiger partial charge in [-0.25, -0.2) is 0 Å². The van der Waals surface area contributed by atoms with Crippen LogP contribution in [0.1, 0.15) is 15.9 Å². The van der Waals surface area contributed by atoms with Crippen molar-refractivity contribution < 1.29 is 9.53 Å². The number of rotatable bonds is 7. The van der Waals surface area contributed by atoms with E-state index in [-0.39, 0.29) is 24.1 Å². The maximum Gasteiger partial charge on any atom is 0.167 e. The van der Waals surface area contributed by atoms with Gasteiger partial charge in [0, 0.05) is 23.0 Å². The molecule has 1 atom stereocenters. The zero-order valence-corrected chi connectivity index (χ0v) is 15.7. The van der Waals surface area contributed by atoms with Crippen LogP contribution in [0.3, 0.4) is 0 Å².